The maximum absolute atomic E-state index is 12.5. The summed E-state index contributed by atoms with van der Waals surface area (Å²) in [6, 6.07) is 6.25. The molecule has 2 aliphatic rings. The van der Waals surface area contributed by atoms with Gasteiger partial charge in [0.05, 0.1) is 26.7 Å². The minimum atomic E-state index is -0.784. The molecular weight excluding hydrogens is 338 g/mol. The van der Waals surface area contributed by atoms with Crippen LogP contribution in [0.2, 0.25) is 0 Å². The zero-order valence-electron chi connectivity index (χ0n) is 14.8. The monoisotopic (exact) mass is 361 g/mol. The molecule has 1 aromatic carbocycles. The fourth-order valence-corrected chi connectivity index (χ4v) is 3.08. The van der Waals surface area contributed by atoms with Gasteiger partial charge in [-0.05, 0) is 24.1 Å². The Bertz CT molecular complexity index is 670. The van der Waals surface area contributed by atoms with Gasteiger partial charge in [0.2, 0.25) is 5.91 Å². The molecule has 0 unspecified atom stereocenters. The predicted molar refractivity (Wildman–Crippen MR) is 92.7 cm³/mol. The van der Waals surface area contributed by atoms with E-state index >= 15 is 0 Å². The summed E-state index contributed by atoms with van der Waals surface area (Å²) in [6.07, 6.45) is 0.539. The largest absolute Gasteiger partial charge is 0.497 e. The number of methoxy groups -OCH3 is 1. The third kappa shape index (κ3) is 4.13. The van der Waals surface area contributed by atoms with E-state index in [9.17, 15) is 14.4 Å². The Morgan fingerprint density at radius 1 is 1.23 bits per heavy atom. The average molecular weight is 361 g/mol. The van der Waals surface area contributed by atoms with Crippen molar-refractivity contribution < 1.29 is 23.9 Å². The maximum atomic E-state index is 12.5. The van der Waals surface area contributed by atoms with Crippen molar-refractivity contribution in [3.05, 3.63) is 29.8 Å². The molecule has 2 aliphatic heterocycles. The van der Waals surface area contributed by atoms with Crippen LogP contribution in [0.4, 0.5) is 4.79 Å². The van der Waals surface area contributed by atoms with Crippen LogP contribution in [0.3, 0.4) is 0 Å². The van der Waals surface area contributed by atoms with E-state index in [4.69, 9.17) is 9.47 Å². The molecule has 1 aromatic rings. The lowest BCUT2D eigenvalue weighted by Crippen LogP contribution is -2.44. The number of hydrogen-bond acceptors (Lipinski definition) is 5. The van der Waals surface area contributed by atoms with E-state index in [1.807, 2.05) is 24.3 Å². The van der Waals surface area contributed by atoms with Crippen molar-refractivity contribution in [2.75, 3.05) is 40.0 Å². The third-order valence-corrected chi connectivity index (χ3v) is 4.63. The molecule has 0 aliphatic carbocycles. The summed E-state index contributed by atoms with van der Waals surface area (Å²) in [7, 11) is 1.60. The number of nitrogens with one attached hydrogen (secondary N) is 1. The number of amides is 4. The Balaban J connectivity index is 1.53. The van der Waals surface area contributed by atoms with Crippen molar-refractivity contribution in [2.45, 2.75) is 18.9 Å². The molecule has 3 rings (SSSR count). The quantitative estimate of drug-likeness (QED) is 0.742. The molecule has 0 bridgehead atoms. The first-order chi connectivity index (χ1) is 12.6. The molecule has 8 heteroatoms. The standard InChI is InChI=1S/C18H23N3O5/c1-25-14-4-2-13(3-5-14)6-7-21-17(23)15(19-18(21)24)12-16(22)20-8-10-26-11-9-20/h2-5,15H,6-12H2,1H3,(H,19,24)/t15-/m1/s1. The smallest absolute Gasteiger partial charge is 0.324 e. The lowest BCUT2D eigenvalue weighted by Gasteiger charge is -2.27. The van der Waals surface area contributed by atoms with Gasteiger partial charge in [0.15, 0.2) is 0 Å². The molecule has 1 N–H and O–H groups in total. The number of urea groups is 1. The van der Waals surface area contributed by atoms with Gasteiger partial charge in [0.25, 0.3) is 5.91 Å². The molecule has 26 heavy (non-hydrogen) atoms. The molecule has 1 atom stereocenters. The van der Waals surface area contributed by atoms with E-state index in [1.165, 1.54) is 4.90 Å². The molecule has 140 valence electrons. The van der Waals surface area contributed by atoms with Gasteiger partial charge < -0.3 is 19.7 Å². The number of imide groups is 1. The van der Waals surface area contributed by atoms with E-state index in [0.717, 1.165) is 11.3 Å². The summed E-state index contributed by atoms with van der Waals surface area (Å²) in [5.74, 6) is 0.277. The van der Waals surface area contributed by atoms with E-state index in [2.05, 4.69) is 5.32 Å². The van der Waals surface area contributed by atoms with Crippen LogP contribution in [0, 0.1) is 0 Å². The highest BCUT2D eigenvalue weighted by Crippen LogP contribution is 2.15. The molecule has 0 saturated carbocycles. The van der Waals surface area contributed by atoms with Crippen LogP contribution in [0.1, 0.15) is 12.0 Å². The molecular formula is C18H23N3O5. The lowest BCUT2D eigenvalue weighted by molar-refractivity contribution is -0.138. The first kappa shape index (κ1) is 18.2. The molecule has 2 fully saturated rings. The number of benzene rings is 1. The van der Waals surface area contributed by atoms with Crippen LogP contribution >= 0.6 is 0 Å². The first-order valence-electron chi connectivity index (χ1n) is 8.69. The second-order valence-electron chi connectivity index (χ2n) is 6.29. The molecule has 2 saturated heterocycles. The molecule has 8 nitrogen and oxygen atoms in total. The van der Waals surface area contributed by atoms with Crippen LogP contribution in [-0.4, -0.2) is 73.6 Å². The van der Waals surface area contributed by atoms with E-state index in [0.29, 0.717) is 32.7 Å². The summed E-state index contributed by atoms with van der Waals surface area (Å²) in [4.78, 5) is 39.7. The summed E-state index contributed by atoms with van der Waals surface area (Å²) >= 11 is 0. The van der Waals surface area contributed by atoms with Crippen molar-refractivity contribution in [3.63, 3.8) is 0 Å². The summed E-state index contributed by atoms with van der Waals surface area (Å²) in [5, 5.41) is 2.62. The Morgan fingerprint density at radius 2 is 1.92 bits per heavy atom. The number of carbonyl (C=O) groups excluding carboxylic acids is 3. The van der Waals surface area contributed by atoms with Gasteiger partial charge in [-0.15, -0.1) is 0 Å². The number of hydrogen-bond donors (Lipinski definition) is 1. The van der Waals surface area contributed by atoms with Crippen molar-refractivity contribution in [2.24, 2.45) is 0 Å². The van der Waals surface area contributed by atoms with Crippen LogP contribution in [0.15, 0.2) is 24.3 Å². The normalized spacial score (nSPS) is 20.3. The number of rotatable bonds is 6. The molecule has 0 aromatic heterocycles. The maximum Gasteiger partial charge on any atom is 0.324 e. The van der Waals surface area contributed by atoms with E-state index in [-0.39, 0.29) is 24.8 Å². The highest BCUT2D eigenvalue weighted by atomic mass is 16.5. The lowest BCUT2D eigenvalue weighted by atomic mass is 10.1. The minimum absolute atomic E-state index is 0.0103. The Kier molecular flexibility index (Phi) is 5.72. The number of carbonyl (C=O) groups is 3. The Labute approximate surface area is 152 Å². The van der Waals surface area contributed by atoms with Gasteiger partial charge in [-0.3, -0.25) is 14.5 Å². The van der Waals surface area contributed by atoms with Gasteiger partial charge >= 0.3 is 6.03 Å². The fourth-order valence-electron chi connectivity index (χ4n) is 3.08. The Hall–Kier alpha value is -2.61. The molecule has 0 spiro atoms. The number of nitrogens with zero attached hydrogens (tertiary/aromatic N) is 2. The van der Waals surface area contributed by atoms with Crippen LogP contribution < -0.4 is 10.1 Å². The average Bonchev–Trinajstić information content (AvgIpc) is 2.94. The van der Waals surface area contributed by atoms with Crippen molar-refractivity contribution in [3.8, 4) is 5.75 Å². The number of ether oxygens (including phenoxy) is 2. The molecule has 0 radical (unpaired) electrons. The second kappa shape index (κ2) is 8.18. The zero-order chi connectivity index (χ0) is 18.5. The van der Waals surface area contributed by atoms with Gasteiger partial charge in [-0.2, -0.15) is 0 Å². The highest BCUT2D eigenvalue weighted by Gasteiger charge is 2.39. The third-order valence-electron chi connectivity index (χ3n) is 4.63. The highest BCUT2D eigenvalue weighted by molar-refractivity contribution is 6.05. The minimum Gasteiger partial charge on any atom is -0.497 e. The van der Waals surface area contributed by atoms with Crippen LogP contribution in [-0.2, 0) is 20.7 Å². The predicted octanol–water partition coefficient (Wildman–Crippen LogP) is 0.407. The fraction of sp³-hybridized carbons (Fsp3) is 0.500. The van der Waals surface area contributed by atoms with Crippen LogP contribution in [0.25, 0.3) is 0 Å². The van der Waals surface area contributed by atoms with E-state index in [1.54, 1.807) is 12.0 Å². The van der Waals surface area contributed by atoms with Crippen molar-refractivity contribution in [1.82, 2.24) is 15.1 Å². The van der Waals surface area contributed by atoms with Crippen molar-refractivity contribution in [1.29, 1.82) is 0 Å². The molecule has 2 heterocycles. The second-order valence-corrected chi connectivity index (χ2v) is 6.29. The van der Waals surface area contributed by atoms with Gasteiger partial charge in [0, 0.05) is 19.6 Å². The van der Waals surface area contributed by atoms with Crippen molar-refractivity contribution >= 4 is 17.8 Å². The van der Waals surface area contributed by atoms with E-state index < -0.39 is 12.1 Å². The summed E-state index contributed by atoms with van der Waals surface area (Å²) in [6.45, 7) is 2.33. The molecule has 4 amide bonds. The van der Waals surface area contributed by atoms with Gasteiger partial charge in [-0.1, -0.05) is 12.1 Å². The van der Waals surface area contributed by atoms with Crippen LogP contribution in [0.5, 0.6) is 5.75 Å². The summed E-state index contributed by atoms with van der Waals surface area (Å²) < 4.78 is 10.3. The zero-order valence-corrected chi connectivity index (χ0v) is 14.8. The SMILES string of the molecule is COc1ccc(CCN2C(=O)N[C@H](CC(=O)N3CCOCC3)C2=O)cc1. The topological polar surface area (TPSA) is 88.2 Å². The van der Waals surface area contributed by atoms with Gasteiger partial charge in [0.1, 0.15) is 11.8 Å². The summed E-state index contributed by atoms with van der Waals surface area (Å²) in [5.41, 5.74) is 0.999. The Morgan fingerprint density at radius 3 is 2.58 bits per heavy atom. The van der Waals surface area contributed by atoms with Gasteiger partial charge in [-0.25, -0.2) is 4.79 Å². The first-order valence-corrected chi connectivity index (χ1v) is 8.69. The number of morpholine rings is 1.